The largest absolute Gasteiger partial charge is 0.493 e. The fourth-order valence-electron chi connectivity index (χ4n) is 2.41. The number of carbonyl (C=O) groups is 1. The maximum atomic E-state index is 12.3. The van der Waals surface area contributed by atoms with Crippen molar-refractivity contribution in [1.82, 2.24) is 4.98 Å². The summed E-state index contributed by atoms with van der Waals surface area (Å²) in [6.07, 6.45) is 0. The molecule has 0 aliphatic carbocycles. The molecule has 0 saturated heterocycles. The van der Waals surface area contributed by atoms with E-state index in [1.165, 1.54) is 11.3 Å². The maximum Gasteiger partial charge on any atom is 0.257 e. The first-order chi connectivity index (χ1) is 12.1. The van der Waals surface area contributed by atoms with Gasteiger partial charge in [-0.05, 0) is 37.3 Å². The van der Waals surface area contributed by atoms with Crippen LogP contribution >= 0.6 is 11.3 Å². The van der Waals surface area contributed by atoms with Crippen molar-refractivity contribution in [3.05, 3.63) is 59.0 Å². The standard InChI is InChI=1S/C19H18N2O3S/c1-12-5-4-6-14(9-12)18(22)21-19-20-15(11-25-19)13-7-8-16(23-2)17(10-13)24-3/h4-11H,1-3H3,(H,20,21,22). The third-order valence-corrected chi connectivity index (χ3v) is 4.44. The minimum absolute atomic E-state index is 0.170. The topological polar surface area (TPSA) is 60.5 Å². The summed E-state index contributed by atoms with van der Waals surface area (Å²) in [5.41, 5.74) is 3.32. The van der Waals surface area contributed by atoms with E-state index >= 15 is 0 Å². The Labute approximate surface area is 150 Å². The molecule has 3 aromatic rings. The van der Waals surface area contributed by atoms with E-state index in [4.69, 9.17) is 9.47 Å². The van der Waals surface area contributed by atoms with Crippen LogP contribution in [0.4, 0.5) is 5.13 Å². The number of carbonyl (C=O) groups excluding carboxylic acids is 1. The first-order valence-electron chi connectivity index (χ1n) is 7.66. The van der Waals surface area contributed by atoms with Gasteiger partial charge in [-0.1, -0.05) is 17.7 Å². The molecule has 6 heteroatoms. The van der Waals surface area contributed by atoms with Crippen LogP contribution in [0.3, 0.4) is 0 Å². The highest BCUT2D eigenvalue weighted by Gasteiger charge is 2.12. The molecule has 0 bridgehead atoms. The molecule has 0 aliphatic heterocycles. The quantitative estimate of drug-likeness (QED) is 0.738. The van der Waals surface area contributed by atoms with Crippen LogP contribution in [0.25, 0.3) is 11.3 Å². The Hall–Kier alpha value is -2.86. The number of ether oxygens (including phenoxy) is 2. The molecule has 128 valence electrons. The average Bonchev–Trinajstić information content (AvgIpc) is 3.09. The van der Waals surface area contributed by atoms with Gasteiger partial charge in [-0.2, -0.15) is 0 Å². The number of thiazole rings is 1. The van der Waals surface area contributed by atoms with Crippen LogP contribution in [0.5, 0.6) is 11.5 Å². The van der Waals surface area contributed by atoms with Crippen molar-refractivity contribution in [3.8, 4) is 22.8 Å². The van der Waals surface area contributed by atoms with E-state index in [2.05, 4.69) is 10.3 Å². The molecule has 0 unspecified atom stereocenters. The lowest BCUT2D eigenvalue weighted by Gasteiger charge is -2.08. The predicted octanol–water partition coefficient (Wildman–Crippen LogP) is 4.39. The van der Waals surface area contributed by atoms with E-state index in [0.29, 0.717) is 22.2 Å². The lowest BCUT2D eigenvalue weighted by Crippen LogP contribution is -2.11. The molecule has 1 amide bonds. The van der Waals surface area contributed by atoms with E-state index in [-0.39, 0.29) is 5.91 Å². The van der Waals surface area contributed by atoms with Crippen molar-refractivity contribution < 1.29 is 14.3 Å². The minimum Gasteiger partial charge on any atom is -0.493 e. The summed E-state index contributed by atoms with van der Waals surface area (Å²) in [6, 6.07) is 13.0. The van der Waals surface area contributed by atoms with Crippen molar-refractivity contribution in [2.45, 2.75) is 6.92 Å². The van der Waals surface area contributed by atoms with Crippen LogP contribution in [-0.4, -0.2) is 25.1 Å². The molecular weight excluding hydrogens is 336 g/mol. The van der Waals surface area contributed by atoms with Gasteiger partial charge in [0.05, 0.1) is 19.9 Å². The average molecular weight is 354 g/mol. The number of aryl methyl sites for hydroxylation is 1. The second-order valence-corrected chi connectivity index (χ2v) is 6.29. The van der Waals surface area contributed by atoms with Crippen LogP contribution in [0.1, 0.15) is 15.9 Å². The van der Waals surface area contributed by atoms with Crippen molar-refractivity contribution in [1.29, 1.82) is 0 Å². The molecule has 0 atom stereocenters. The summed E-state index contributed by atoms with van der Waals surface area (Å²) in [5, 5.41) is 5.29. The second-order valence-electron chi connectivity index (χ2n) is 5.43. The Kier molecular flexibility index (Phi) is 5.00. The monoisotopic (exact) mass is 354 g/mol. The van der Waals surface area contributed by atoms with Crippen molar-refractivity contribution in [2.24, 2.45) is 0 Å². The highest BCUT2D eigenvalue weighted by atomic mass is 32.1. The Morgan fingerprint density at radius 3 is 2.60 bits per heavy atom. The molecule has 0 radical (unpaired) electrons. The molecule has 5 nitrogen and oxygen atoms in total. The highest BCUT2D eigenvalue weighted by molar-refractivity contribution is 7.14. The number of methoxy groups -OCH3 is 2. The summed E-state index contributed by atoms with van der Waals surface area (Å²) in [5.74, 6) is 1.13. The first kappa shape index (κ1) is 17.0. The van der Waals surface area contributed by atoms with Crippen LogP contribution in [0.2, 0.25) is 0 Å². The number of nitrogens with zero attached hydrogens (tertiary/aromatic N) is 1. The number of benzene rings is 2. The zero-order valence-corrected chi connectivity index (χ0v) is 15.0. The lowest BCUT2D eigenvalue weighted by molar-refractivity contribution is 0.102. The second kappa shape index (κ2) is 7.36. The third-order valence-electron chi connectivity index (χ3n) is 3.68. The number of rotatable bonds is 5. The smallest absolute Gasteiger partial charge is 0.257 e. The number of anilines is 1. The molecule has 0 fully saturated rings. The summed E-state index contributed by atoms with van der Waals surface area (Å²) < 4.78 is 10.6. The van der Waals surface area contributed by atoms with Crippen molar-refractivity contribution in [2.75, 3.05) is 19.5 Å². The van der Waals surface area contributed by atoms with Gasteiger partial charge in [-0.3, -0.25) is 10.1 Å². The third kappa shape index (κ3) is 3.80. The van der Waals surface area contributed by atoms with Crippen LogP contribution in [0, 0.1) is 6.92 Å². The molecule has 0 spiro atoms. The van der Waals surface area contributed by atoms with E-state index in [1.807, 2.05) is 48.7 Å². The van der Waals surface area contributed by atoms with Gasteiger partial charge in [0.25, 0.3) is 5.91 Å². The summed E-state index contributed by atoms with van der Waals surface area (Å²) in [6.45, 7) is 1.95. The molecule has 0 aliphatic rings. The van der Waals surface area contributed by atoms with Gasteiger partial charge in [0.2, 0.25) is 0 Å². The summed E-state index contributed by atoms with van der Waals surface area (Å²) >= 11 is 1.38. The molecule has 1 aromatic heterocycles. The number of hydrogen-bond donors (Lipinski definition) is 1. The number of amides is 1. The Morgan fingerprint density at radius 1 is 1.08 bits per heavy atom. The van der Waals surface area contributed by atoms with Gasteiger partial charge < -0.3 is 9.47 Å². The summed E-state index contributed by atoms with van der Waals surface area (Å²) in [4.78, 5) is 16.8. The molecule has 25 heavy (non-hydrogen) atoms. The minimum atomic E-state index is -0.170. The Morgan fingerprint density at radius 2 is 1.88 bits per heavy atom. The van der Waals surface area contributed by atoms with Gasteiger partial charge >= 0.3 is 0 Å². The highest BCUT2D eigenvalue weighted by Crippen LogP contribution is 2.33. The Bertz CT molecular complexity index is 905. The zero-order valence-electron chi connectivity index (χ0n) is 14.2. The van der Waals surface area contributed by atoms with E-state index < -0.39 is 0 Å². The fraction of sp³-hybridized carbons (Fsp3) is 0.158. The van der Waals surface area contributed by atoms with Crippen LogP contribution in [-0.2, 0) is 0 Å². The van der Waals surface area contributed by atoms with Gasteiger partial charge in [-0.15, -0.1) is 11.3 Å². The number of hydrogen-bond acceptors (Lipinski definition) is 5. The number of nitrogens with one attached hydrogen (secondary N) is 1. The molecule has 2 aromatic carbocycles. The van der Waals surface area contributed by atoms with Gasteiger partial charge in [0.1, 0.15) is 0 Å². The first-order valence-corrected chi connectivity index (χ1v) is 8.54. The molecule has 1 N–H and O–H groups in total. The molecular formula is C19H18N2O3S. The molecule has 0 saturated carbocycles. The normalized spacial score (nSPS) is 10.4. The number of aromatic nitrogens is 1. The predicted molar refractivity (Wildman–Crippen MR) is 99.8 cm³/mol. The van der Waals surface area contributed by atoms with E-state index in [0.717, 1.165) is 16.8 Å². The zero-order chi connectivity index (χ0) is 17.8. The van der Waals surface area contributed by atoms with E-state index in [9.17, 15) is 4.79 Å². The Balaban J connectivity index is 1.79. The molecule has 1 heterocycles. The van der Waals surface area contributed by atoms with Crippen molar-refractivity contribution >= 4 is 22.4 Å². The fourth-order valence-corrected chi connectivity index (χ4v) is 3.13. The van der Waals surface area contributed by atoms with Gasteiger partial charge in [0, 0.05) is 16.5 Å². The SMILES string of the molecule is COc1ccc(-c2csc(NC(=O)c3cccc(C)c3)n2)cc1OC. The van der Waals surface area contributed by atoms with Crippen molar-refractivity contribution in [3.63, 3.8) is 0 Å². The van der Waals surface area contributed by atoms with Gasteiger partial charge in [-0.25, -0.2) is 4.98 Å². The van der Waals surface area contributed by atoms with Crippen LogP contribution in [0.15, 0.2) is 47.8 Å². The lowest BCUT2D eigenvalue weighted by atomic mass is 10.1. The van der Waals surface area contributed by atoms with Gasteiger partial charge in [0.15, 0.2) is 16.6 Å². The van der Waals surface area contributed by atoms with Crippen LogP contribution < -0.4 is 14.8 Å². The summed E-state index contributed by atoms with van der Waals surface area (Å²) in [7, 11) is 3.19. The maximum absolute atomic E-state index is 12.3. The van der Waals surface area contributed by atoms with E-state index in [1.54, 1.807) is 20.3 Å². The molecule has 3 rings (SSSR count).